The zero-order valence-electron chi connectivity index (χ0n) is 14.7. The smallest absolute Gasteiger partial charge is 0.366 e. The van der Waals surface area contributed by atoms with Crippen molar-refractivity contribution < 1.29 is 9.94 Å². The van der Waals surface area contributed by atoms with Crippen molar-refractivity contribution in [2.45, 2.75) is 20.6 Å². The molecule has 2 aromatic carbocycles. The lowest BCUT2D eigenvalue weighted by molar-refractivity contribution is 0.0736. The maximum absolute atomic E-state index is 12.4. The maximum atomic E-state index is 12.4. The lowest BCUT2D eigenvalue weighted by Gasteiger charge is -2.16. The molecule has 0 bridgehead atoms. The van der Waals surface area contributed by atoms with Crippen molar-refractivity contribution in [1.82, 2.24) is 9.30 Å². The van der Waals surface area contributed by atoms with E-state index in [9.17, 15) is 14.8 Å². The van der Waals surface area contributed by atoms with Crippen LogP contribution in [0.15, 0.2) is 64.2 Å². The van der Waals surface area contributed by atoms with Crippen molar-refractivity contribution in [3.63, 3.8) is 0 Å². The van der Waals surface area contributed by atoms with Gasteiger partial charge in [-0.1, -0.05) is 53.3 Å². The fraction of sp³-hybridized carbons (Fsp3) is 0.200. The number of hydrogen-bond donors (Lipinski definition) is 1. The standard InChI is InChI=1S/C20H20N2O4/c1-3-26-13-21-18(14(2)19(23)22(25)20(21)24)17-11-7-10-16(12-17)15-8-5-4-6-9-15/h4-12,25H,3,13H2,1-2H3. The first-order chi connectivity index (χ1) is 12.5. The number of nitrogens with zero attached hydrogens (tertiary/aromatic N) is 2. The SMILES string of the molecule is CCOCn1c(-c2cccc(-c3ccccc3)c2)c(C)c(=O)n(O)c1=O. The third-order valence-corrected chi connectivity index (χ3v) is 4.22. The van der Waals surface area contributed by atoms with E-state index in [1.54, 1.807) is 6.92 Å². The fourth-order valence-corrected chi connectivity index (χ4v) is 2.91. The number of hydrogen-bond acceptors (Lipinski definition) is 4. The van der Waals surface area contributed by atoms with Gasteiger partial charge in [0.25, 0.3) is 5.56 Å². The van der Waals surface area contributed by atoms with Gasteiger partial charge < -0.3 is 9.94 Å². The van der Waals surface area contributed by atoms with Gasteiger partial charge in [-0.15, -0.1) is 0 Å². The van der Waals surface area contributed by atoms with Crippen molar-refractivity contribution in [3.8, 4) is 22.4 Å². The first-order valence-corrected chi connectivity index (χ1v) is 8.34. The predicted octanol–water partition coefficient (Wildman–Crippen LogP) is 2.88. The van der Waals surface area contributed by atoms with Crippen LogP contribution in [0, 0.1) is 6.92 Å². The van der Waals surface area contributed by atoms with Crippen LogP contribution < -0.4 is 11.2 Å². The molecule has 0 saturated heterocycles. The molecule has 0 spiro atoms. The van der Waals surface area contributed by atoms with Gasteiger partial charge in [-0.05, 0) is 36.6 Å². The maximum Gasteiger partial charge on any atom is 0.366 e. The van der Waals surface area contributed by atoms with E-state index in [-0.39, 0.29) is 17.0 Å². The highest BCUT2D eigenvalue weighted by Gasteiger charge is 2.18. The van der Waals surface area contributed by atoms with Crippen LogP contribution in [0.25, 0.3) is 22.4 Å². The normalized spacial score (nSPS) is 10.8. The van der Waals surface area contributed by atoms with Crippen LogP contribution in [0.2, 0.25) is 0 Å². The van der Waals surface area contributed by atoms with Gasteiger partial charge in [-0.25, -0.2) is 4.79 Å². The lowest BCUT2D eigenvalue weighted by Crippen LogP contribution is -2.41. The summed E-state index contributed by atoms with van der Waals surface area (Å²) >= 11 is 0. The third kappa shape index (κ3) is 3.19. The number of ether oxygens (including phenoxy) is 1. The molecule has 0 saturated carbocycles. The van der Waals surface area contributed by atoms with E-state index >= 15 is 0 Å². The number of aromatic nitrogens is 2. The highest BCUT2D eigenvalue weighted by Crippen LogP contribution is 2.26. The monoisotopic (exact) mass is 352 g/mol. The Hall–Kier alpha value is -3.12. The van der Waals surface area contributed by atoms with Gasteiger partial charge in [0.1, 0.15) is 6.73 Å². The molecular weight excluding hydrogens is 332 g/mol. The minimum atomic E-state index is -0.825. The zero-order chi connectivity index (χ0) is 18.7. The Morgan fingerprint density at radius 1 is 0.962 bits per heavy atom. The molecule has 1 aromatic heterocycles. The van der Waals surface area contributed by atoms with E-state index in [0.29, 0.717) is 17.9 Å². The third-order valence-electron chi connectivity index (χ3n) is 4.22. The van der Waals surface area contributed by atoms with Crippen molar-refractivity contribution in [1.29, 1.82) is 0 Å². The second kappa shape index (κ2) is 7.41. The average Bonchev–Trinajstić information content (AvgIpc) is 2.69. The van der Waals surface area contributed by atoms with E-state index in [2.05, 4.69) is 0 Å². The Kier molecular flexibility index (Phi) is 5.04. The molecule has 3 aromatic rings. The van der Waals surface area contributed by atoms with Gasteiger partial charge in [-0.2, -0.15) is 0 Å². The summed E-state index contributed by atoms with van der Waals surface area (Å²) in [6.45, 7) is 3.74. The van der Waals surface area contributed by atoms with Crippen LogP contribution in [0.1, 0.15) is 12.5 Å². The molecule has 6 heteroatoms. The molecule has 0 fully saturated rings. The summed E-state index contributed by atoms with van der Waals surface area (Å²) in [7, 11) is 0. The Bertz CT molecular complexity index is 1040. The molecule has 0 aliphatic carbocycles. The highest BCUT2D eigenvalue weighted by molar-refractivity contribution is 5.72. The van der Waals surface area contributed by atoms with Crippen LogP contribution >= 0.6 is 0 Å². The molecule has 0 aliphatic rings. The predicted molar refractivity (Wildman–Crippen MR) is 99.4 cm³/mol. The molecule has 1 heterocycles. The summed E-state index contributed by atoms with van der Waals surface area (Å²) in [6.07, 6.45) is 0. The van der Waals surface area contributed by atoms with Crippen molar-refractivity contribution >= 4 is 0 Å². The van der Waals surface area contributed by atoms with Gasteiger partial charge >= 0.3 is 5.69 Å². The van der Waals surface area contributed by atoms with Crippen molar-refractivity contribution in [2.75, 3.05) is 6.61 Å². The number of rotatable bonds is 5. The molecule has 26 heavy (non-hydrogen) atoms. The van der Waals surface area contributed by atoms with Crippen LogP contribution in [-0.2, 0) is 11.5 Å². The summed E-state index contributed by atoms with van der Waals surface area (Å²) in [4.78, 5) is 24.6. The molecular formula is C20H20N2O4. The topological polar surface area (TPSA) is 73.5 Å². The molecule has 0 atom stereocenters. The molecule has 0 radical (unpaired) electrons. The van der Waals surface area contributed by atoms with E-state index in [0.717, 1.165) is 11.1 Å². The van der Waals surface area contributed by atoms with Crippen molar-refractivity contribution in [2.24, 2.45) is 0 Å². The number of benzene rings is 2. The van der Waals surface area contributed by atoms with Gasteiger partial charge in [0.15, 0.2) is 0 Å². The average molecular weight is 352 g/mol. The van der Waals surface area contributed by atoms with Crippen LogP contribution in [0.4, 0.5) is 0 Å². The van der Waals surface area contributed by atoms with Gasteiger partial charge in [-0.3, -0.25) is 9.36 Å². The van der Waals surface area contributed by atoms with E-state index in [4.69, 9.17) is 4.74 Å². The second-order valence-corrected chi connectivity index (χ2v) is 5.87. The van der Waals surface area contributed by atoms with Crippen LogP contribution in [-0.4, -0.2) is 21.1 Å². The Labute approximate surface area is 150 Å². The molecule has 0 aliphatic heterocycles. The quantitative estimate of drug-likeness (QED) is 0.717. The first kappa shape index (κ1) is 17.7. The minimum Gasteiger partial charge on any atom is -0.421 e. The minimum absolute atomic E-state index is 0.0537. The Morgan fingerprint density at radius 3 is 2.31 bits per heavy atom. The van der Waals surface area contributed by atoms with E-state index in [1.165, 1.54) is 4.57 Å². The summed E-state index contributed by atoms with van der Waals surface area (Å²) in [5.41, 5.74) is 1.86. The molecule has 134 valence electrons. The zero-order valence-corrected chi connectivity index (χ0v) is 14.7. The van der Waals surface area contributed by atoms with E-state index in [1.807, 2.05) is 61.5 Å². The molecule has 3 rings (SSSR count). The van der Waals surface area contributed by atoms with Gasteiger partial charge in [0.05, 0.1) is 5.69 Å². The summed E-state index contributed by atoms with van der Waals surface area (Å²) in [5.74, 6) is 0. The summed E-state index contributed by atoms with van der Waals surface area (Å²) in [6, 6.07) is 17.4. The second-order valence-electron chi connectivity index (χ2n) is 5.87. The van der Waals surface area contributed by atoms with Crippen LogP contribution in [0.3, 0.4) is 0 Å². The first-order valence-electron chi connectivity index (χ1n) is 8.34. The lowest BCUT2D eigenvalue weighted by atomic mass is 10.00. The molecule has 0 amide bonds. The summed E-state index contributed by atoms with van der Waals surface area (Å²) in [5, 5.41) is 9.79. The Morgan fingerprint density at radius 2 is 1.62 bits per heavy atom. The Balaban J connectivity index is 2.24. The summed E-state index contributed by atoms with van der Waals surface area (Å²) < 4.78 is 6.76. The molecule has 1 N–H and O–H groups in total. The van der Waals surface area contributed by atoms with Crippen molar-refractivity contribution in [3.05, 3.63) is 81.0 Å². The van der Waals surface area contributed by atoms with E-state index < -0.39 is 11.2 Å². The molecule has 0 unspecified atom stereocenters. The largest absolute Gasteiger partial charge is 0.421 e. The fourth-order valence-electron chi connectivity index (χ4n) is 2.91. The molecule has 6 nitrogen and oxygen atoms in total. The van der Waals surface area contributed by atoms with Crippen LogP contribution in [0.5, 0.6) is 0 Å². The van der Waals surface area contributed by atoms with Gasteiger partial charge in [0.2, 0.25) is 0 Å². The highest BCUT2D eigenvalue weighted by atomic mass is 16.5. The van der Waals surface area contributed by atoms with Gasteiger partial charge in [0, 0.05) is 12.2 Å².